The van der Waals surface area contributed by atoms with Crippen molar-refractivity contribution in [1.82, 2.24) is 14.5 Å². The third kappa shape index (κ3) is 1.77. The van der Waals surface area contributed by atoms with Gasteiger partial charge in [-0.25, -0.2) is 9.97 Å². The molecule has 1 aliphatic carbocycles. The van der Waals surface area contributed by atoms with Gasteiger partial charge >= 0.3 is 0 Å². The lowest BCUT2D eigenvalue weighted by molar-refractivity contribution is -0.105. The number of nitrogen functional groups attached to an aromatic ring is 1. The van der Waals surface area contributed by atoms with Gasteiger partial charge in [0, 0.05) is 17.1 Å². The lowest BCUT2D eigenvalue weighted by atomic mass is 10.2. The Labute approximate surface area is 127 Å². The number of nitrogens with zero attached hydrogens (tertiary/aromatic N) is 3. The van der Waals surface area contributed by atoms with E-state index in [-0.39, 0.29) is 0 Å². The molecule has 1 aliphatic rings. The summed E-state index contributed by atoms with van der Waals surface area (Å²) in [7, 11) is 0. The third-order valence-corrected chi connectivity index (χ3v) is 4.17. The molecule has 6 heteroatoms. The van der Waals surface area contributed by atoms with Crippen LogP contribution in [0.5, 0.6) is 0 Å². The van der Waals surface area contributed by atoms with Crippen molar-refractivity contribution >= 4 is 28.9 Å². The van der Waals surface area contributed by atoms with Gasteiger partial charge in [-0.05, 0) is 49.1 Å². The molecule has 22 heavy (non-hydrogen) atoms. The minimum atomic E-state index is 0.495. The van der Waals surface area contributed by atoms with Crippen molar-refractivity contribution in [2.45, 2.75) is 19.3 Å². The highest BCUT2D eigenvalue weighted by molar-refractivity contribution is 5.91. The van der Waals surface area contributed by atoms with E-state index in [1.807, 2.05) is 24.3 Å². The van der Waals surface area contributed by atoms with Gasteiger partial charge in [0.05, 0.1) is 5.52 Å². The van der Waals surface area contributed by atoms with Crippen molar-refractivity contribution < 1.29 is 4.79 Å². The third-order valence-electron chi connectivity index (χ3n) is 4.17. The smallest absolute Gasteiger partial charge is 0.211 e. The maximum Gasteiger partial charge on any atom is 0.211 e. The molecule has 3 N–H and O–H groups in total. The first kappa shape index (κ1) is 12.8. The molecule has 1 aromatic carbocycles. The molecule has 0 fully saturated rings. The zero-order chi connectivity index (χ0) is 15.1. The number of carbonyl (C=O) groups excluding carboxylic acids is 1. The fraction of sp³-hybridized carbons (Fsp3) is 0.188. The lowest BCUT2D eigenvalue weighted by Gasteiger charge is -2.11. The number of aromatic nitrogens is 3. The quantitative estimate of drug-likeness (QED) is 0.724. The number of rotatable bonds is 3. The van der Waals surface area contributed by atoms with E-state index in [1.165, 1.54) is 17.6 Å². The van der Waals surface area contributed by atoms with Crippen LogP contribution in [0, 0.1) is 0 Å². The molecule has 6 nitrogen and oxygen atoms in total. The highest BCUT2D eigenvalue weighted by atomic mass is 16.1. The normalized spacial score (nSPS) is 13.3. The number of carbonyl (C=O) groups is 1. The number of fused-ring (bicyclic) bond motifs is 3. The first-order chi connectivity index (χ1) is 10.8. The molecule has 2 aromatic heterocycles. The van der Waals surface area contributed by atoms with E-state index in [0.29, 0.717) is 12.2 Å². The van der Waals surface area contributed by atoms with E-state index in [0.717, 1.165) is 41.7 Å². The van der Waals surface area contributed by atoms with E-state index in [2.05, 4.69) is 19.9 Å². The van der Waals surface area contributed by atoms with Crippen molar-refractivity contribution in [1.29, 1.82) is 0 Å². The molecule has 0 spiro atoms. The van der Waals surface area contributed by atoms with Crippen LogP contribution in [0.2, 0.25) is 0 Å². The largest absolute Gasteiger partial charge is 0.382 e. The molecule has 110 valence electrons. The fourth-order valence-electron chi connectivity index (χ4n) is 3.26. The van der Waals surface area contributed by atoms with Gasteiger partial charge in [0.1, 0.15) is 11.8 Å². The second-order valence-electron chi connectivity index (χ2n) is 5.38. The number of aryl methyl sites for hydroxylation is 1. The summed E-state index contributed by atoms with van der Waals surface area (Å²) in [6.07, 6.45) is 5.37. The Hall–Kier alpha value is -2.89. The van der Waals surface area contributed by atoms with Gasteiger partial charge in [0.15, 0.2) is 5.82 Å². The highest BCUT2D eigenvalue weighted by Gasteiger charge is 2.24. The van der Waals surface area contributed by atoms with Crippen LogP contribution in [0.25, 0.3) is 16.7 Å². The lowest BCUT2D eigenvalue weighted by Crippen LogP contribution is -2.03. The van der Waals surface area contributed by atoms with Gasteiger partial charge in [-0.2, -0.15) is 0 Å². The summed E-state index contributed by atoms with van der Waals surface area (Å²) in [6, 6.07) is 7.68. The fourth-order valence-corrected chi connectivity index (χ4v) is 3.26. The molecule has 1 amide bonds. The first-order valence-corrected chi connectivity index (χ1v) is 7.23. The van der Waals surface area contributed by atoms with Gasteiger partial charge in [-0.3, -0.25) is 4.79 Å². The molecule has 0 unspecified atom stereocenters. The average Bonchev–Trinajstić information content (AvgIpc) is 3.10. The van der Waals surface area contributed by atoms with E-state index < -0.39 is 0 Å². The van der Waals surface area contributed by atoms with Gasteiger partial charge in [0.2, 0.25) is 6.41 Å². The molecule has 0 saturated heterocycles. The summed E-state index contributed by atoms with van der Waals surface area (Å²) < 4.78 is 2.15. The van der Waals surface area contributed by atoms with E-state index in [1.54, 1.807) is 0 Å². The monoisotopic (exact) mass is 293 g/mol. The van der Waals surface area contributed by atoms with Gasteiger partial charge in [0.25, 0.3) is 0 Å². The van der Waals surface area contributed by atoms with Crippen LogP contribution in [0.1, 0.15) is 17.7 Å². The van der Waals surface area contributed by atoms with E-state index >= 15 is 0 Å². The van der Waals surface area contributed by atoms with Crippen LogP contribution in [-0.4, -0.2) is 20.9 Å². The Kier molecular flexibility index (Phi) is 2.82. The standard InChI is InChI=1S/C16H15N5O/c17-16-15-14(18-8-19-16)12-2-1-3-13(12)21(15)11-6-4-10(5-7-11)20-9-22/h4-9H,1-3H2,(H,20,22)(H2,17,18,19). The Morgan fingerprint density at radius 3 is 2.77 bits per heavy atom. The number of hydrogen-bond donors (Lipinski definition) is 2. The Balaban J connectivity index is 1.96. The maximum absolute atomic E-state index is 10.5. The molecule has 0 saturated carbocycles. The average molecular weight is 293 g/mol. The zero-order valence-corrected chi connectivity index (χ0v) is 11.9. The summed E-state index contributed by atoms with van der Waals surface area (Å²) in [5.41, 5.74) is 12.2. The summed E-state index contributed by atoms with van der Waals surface area (Å²) in [6.45, 7) is 0. The first-order valence-electron chi connectivity index (χ1n) is 7.23. The van der Waals surface area contributed by atoms with Crippen molar-refractivity contribution in [3.63, 3.8) is 0 Å². The molecule has 0 aliphatic heterocycles. The molecule has 4 rings (SSSR count). The summed E-state index contributed by atoms with van der Waals surface area (Å²) in [5, 5.41) is 2.64. The van der Waals surface area contributed by atoms with Gasteiger partial charge in [-0.1, -0.05) is 0 Å². The summed E-state index contributed by atoms with van der Waals surface area (Å²) >= 11 is 0. The van der Waals surface area contributed by atoms with Crippen LogP contribution in [0.4, 0.5) is 11.5 Å². The van der Waals surface area contributed by atoms with Crippen LogP contribution >= 0.6 is 0 Å². The molecule has 0 bridgehead atoms. The molecule has 3 aromatic rings. The molecule has 0 radical (unpaired) electrons. The van der Waals surface area contributed by atoms with Crippen LogP contribution in [-0.2, 0) is 17.6 Å². The van der Waals surface area contributed by atoms with E-state index in [4.69, 9.17) is 5.73 Å². The second-order valence-corrected chi connectivity index (χ2v) is 5.38. The predicted octanol–water partition coefficient (Wildman–Crippen LogP) is 2.06. The number of anilines is 2. The van der Waals surface area contributed by atoms with Crippen molar-refractivity contribution in [3.05, 3.63) is 41.9 Å². The topological polar surface area (TPSA) is 85.8 Å². The molecule has 2 heterocycles. The van der Waals surface area contributed by atoms with Crippen molar-refractivity contribution in [3.8, 4) is 5.69 Å². The zero-order valence-electron chi connectivity index (χ0n) is 11.9. The summed E-state index contributed by atoms with van der Waals surface area (Å²) in [4.78, 5) is 19.1. The number of hydrogen-bond acceptors (Lipinski definition) is 4. The molecular weight excluding hydrogens is 278 g/mol. The van der Waals surface area contributed by atoms with Crippen LogP contribution in [0.15, 0.2) is 30.6 Å². The maximum atomic E-state index is 10.5. The minimum Gasteiger partial charge on any atom is -0.382 e. The van der Waals surface area contributed by atoms with E-state index in [9.17, 15) is 4.79 Å². The van der Waals surface area contributed by atoms with Crippen molar-refractivity contribution in [2.24, 2.45) is 0 Å². The number of nitrogens with one attached hydrogen (secondary N) is 1. The molecular formula is C16H15N5O. The van der Waals surface area contributed by atoms with Gasteiger partial charge < -0.3 is 15.6 Å². The van der Waals surface area contributed by atoms with Crippen LogP contribution in [0.3, 0.4) is 0 Å². The Morgan fingerprint density at radius 2 is 2.00 bits per heavy atom. The van der Waals surface area contributed by atoms with Gasteiger partial charge in [-0.15, -0.1) is 0 Å². The van der Waals surface area contributed by atoms with Crippen LogP contribution < -0.4 is 11.1 Å². The predicted molar refractivity (Wildman–Crippen MR) is 85.0 cm³/mol. The summed E-state index contributed by atoms with van der Waals surface area (Å²) in [5.74, 6) is 0.495. The number of nitrogens with two attached hydrogens (primary N) is 1. The number of benzene rings is 1. The molecule has 0 atom stereocenters. The van der Waals surface area contributed by atoms with Crippen molar-refractivity contribution in [2.75, 3.05) is 11.1 Å². The minimum absolute atomic E-state index is 0.495. The highest BCUT2D eigenvalue weighted by Crippen LogP contribution is 2.36. The SMILES string of the molecule is Nc1ncnc2c3c(n(-c4ccc(NC=O)cc4)c12)CCC3. The Bertz CT molecular complexity index is 866. The number of amides is 1. The Morgan fingerprint density at radius 1 is 1.18 bits per heavy atom. The second kappa shape index (κ2) is 4.84.